The molecule has 0 heterocycles. The van der Waals surface area contributed by atoms with Crippen molar-refractivity contribution in [3.8, 4) is 5.75 Å². The zero-order chi connectivity index (χ0) is 14.6. The van der Waals surface area contributed by atoms with E-state index < -0.39 is 0 Å². The van der Waals surface area contributed by atoms with Gasteiger partial charge < -0.3 is 15.4 Å². The Kier molecular flexibility index (Phi) is 8.27. The fourth-order valence-electron chi connectivity index (χ4n) is 1.93. The Morgan fingerprint density at radius 1 is 1.20 bits per heavy atom. The SMILES string of the molecule is CCCCCCCNC(=O)CNc1cccc(OC)c1. The summed E-state index contributed by atoms with van der Waals surface area (Å²) in [6, 6.07) is 7.56. The number of ether oxygens (including phenoxy) is 1. The summed E-state index contributed by atoms with van der Waals surface area (Å²) in [7, 11) is 1.63. The van der Waals surface area contributed by atoms with Gasteiger partial charge in [-0.2, -0.15) is 0 Å². The first-order valence-electron chi connectivity index (χ1n) is 7.41. The molecule has 0 spiro atoms. The second-order valence-electron chi connectivity index (χ2n) is 4.85. The van der Waals surface area contributed by atoms with E-state index in [1.54, 1.807) is 7.11 Å². The fourth-order valence-corrected chi connectivity index (χ4v) is 1.93. The Hall–Kier alpha value is -1.71. The largest absolute Gasteiger partial charge is 0.497 e. The minimum absolute atomic E-state index is 0.0308. The number of amides is 1. The summed E-state index contributed by atoms with van der Waals surface area (Å²) in [5.41, 5.74) is 0.891. The molecule has 0 saturated carbocycles. The molecule has 0 aliphatic heterocycles. The molecule has 1 rings (SSSR count). The minimum atomic E-state index is 0.0308. The zero-order valence-corrected chi connectivity index (χ0v) is 12.6. The molecule has 0 radical (unpaired) electrons. The van der Waals surface area contributed by atoms with Crippen molar-refractivity contribution in [3.05, 3.63) is 24.3 Å². The van der Waals surface area contributed by atoms with Crippen molar-refractivity contribution >= 4 is 11.6 Å². The van der Waals surface area contributed by atoms with E-state index in [9.17, 15) is 4.79 Å². The lowest BCUT2D eigenvalue weighted by Gasteiger charge is -2.08. The maximum atomic E-state index is 11.7. The first kappa shape index (κ1) is 16.3. The number of anilines is 1. The van der Waals surface area contributed by atoms with Gasteiger partial charge in [-0.05, 0) is 18.6 Å². The number of hydrogen-bond donors (Lipinski definition) is 2. The van der Waals surface area contributed by atoms with Gasteiger partial charge >= 0.3 is 0 Å². The second-order valence-corrected chi connectivity index (χ2v) is 4.85. The van der Waals surface area contributed by atoms with Crippen molar-refractivity contribution in [1.29, 1.82) is 0 Å². The molecule has 0 atom stereocenters. The van der Waals surface area contributed by atoms with E-state index in [1.165, 1.54) is 25.7 Å². The summed E-state index contributed by atoms with van der Waals surface area (Å²) in [4.78, 5) is 11.7. The highest BCUT2D eigenvalue weighted by Crippen LogP contribution is 2.16. The van der Waals surface area contributed by atoms with Crippen LogP contribution in [0.25, 0.3) is 0 Å². The fraction of sp³-hybridized carbons (Fsp3) is 0.562. The molecule has 0 bridgehead atoms. The van der Waals surface area contributed by atoms with E-state index in [1.807, 2.05) is 24.3 Å². The van der Waals surface area contributed by atoms with Gasteiger partial charge in [-0.25, -0.2) is 0 Å². The molecule has 1 aromatic rings. The Labute approximate surface area is 121 Å². The smallest absolute Gasteiger partial charge is 0.239 e. The summed E-state index contributed by atoms with van der Waals surface area (Å²) in [5.74, 6) is 0.814. The van der Waals surface area contributed by atoms with E-state index >= 15 is 0 Å². The number of carbonyl (C=O) groups excluding carboxylic acids is 1. The molecule has 0 unspecified atom stereocenters. The number of unbranched alkanes of at least 4 members (excludes halogenated alkanes) is 4. The first-order chi connectivity index (χ1) is 9.76. The highest BCUT2D eigenvalue weighted by Gasteiger charge is 2.01. The van der Waals surface area contributed by atoms with Gasteiger partial charge in [-0.3, -0.25) is 4.79 Å². The third-order valence-electron chi connectivity index (χ3n) is 3.13. The van der Waals surface area contributed by atoms with Crippen LogP contribution in [0.2, 0.25) is 0 Å². The monoisotopic (exact) mass is 278 g/mol. The van der Waals surface area contributed by atoms with E-state index in [2.05, 4.69) is 17.6 Å². The third kappa shape index (κ3) is 7.02. The maximum absolute atomic E-state index is 11.7. The van der Waals surface area contributed by atoms with Crippen molar-refractivity contribution in [3.63, 3.8) is 0 Å². The highest BCUT2D eigenvalue weighted by atomic mass is 16.5. The van der Waals surface area contributed by atoms with Crippen molar-refractivity contribution in [1.82, 2.24) is 5.32 Å². The van der Waals surface area contributed by atoms with Gasteiger partial charge in [0.15, 0.2) is 0 Å². The number of methoxy groups -OCH3 is 1. The van der Waals surface area contributed by atoms with Gasteiger partial charge in [0.2, 0.25) is 5.91 Å². The van der Waals surface area contributed by atoms with Crippen molar-refractivity contribution in [2.45, 2.75) is 39.0 Å². The molecular weight excluding hydrogens is 252 g/mol. The minimum Gasteiger partial charge on any atom is -0.497 e. The van der Waals surface area contributed by atoms with E-state index in [-0.39, 0.29) is 5.91 Å². The highest BCUT2D eigenvalue weighted by molar-refractivity contribution is 5.80. The quantitative estimate of drug-likeness (QED) is 0.646. The summed E-state index contributed by atoms with van der Waals surface area (Å²) in [6.07, 6.45) is 6.04. The Balaban J connectivity index is 2.13. The van der Waals surface area contributed by atoms with Crippen LogP contribution in [0.15, 0.2) is 24.3 Å². The molecule has 0 aliphatic carbocycles. The van der Waals surface area contributed by atoms with Gasteiger partial charge in [0.05, 0.1) is 13.7 Å². The molecular formula is C16H26N2O2. The number of carbonyl (C=O) groups is 1. The molecule has 112 valence electrons. The van der Waals surface area contributed by atoms with Crippen LogP contribution in [0.5, 0.6) is 5.75 Å². The van der Waals surface area contributed by atoms with Crippen LogP contribution in [0.3, 0.4) is 0 Å². The molecule has 1 amide bonds. The summed E-state index contributed by atoms with van der Waals surface area (Å²) in [5, 5.41) is 6.01. The topological polar surface area (TPSA) is 50.4 Å². The first-order valence-corrected chi connectivity index (χ1v) is 7.41. The van der Waals surface area contributed by atoms with Crippen molar-refractivity contribution in [2.24, 2.45) is 0 Å². The second kappa shape index (κ2) is 10.1. The Bertz CT molecular complexity index is 394. The standard InChI is InChI=1S/C16H26N2O2/c1-3-4-5-6-7-11-17-16(19)13-18-14-9-8-10-15(12-14)20-2/h8-10,12,18H,3-7,11,13H2,1-2H3,(H,17,19). The molecule has 4 nitrogen and oxygen atoms in total. The van der Waals surface area contributed by atoms with Crippen LogP contribution >= 0.6 is 0 Å². The molecule has 0 fully saturated rings. The summed E-state index contributed by atoms with van der Waals surface area (Å²) >= 11 is 0. The van der Waals surface area contributed by atoms with Crippen LogP contribution in [-0.2, 0) is 4.79 Å². The number of nitrogens with one attached hydrogen (secondary N) is 2. The van der Waals surface area contributed by atoms with Crippen LogP contribution < -0.4 is 15.4 Å². The normalized spacial score (nSPS) is 10.1. The molecule has 4 heteroatoms. The molecule has 1 aromatic carbocycles. The van der Waals surface area contributed by atoms with Gasteiger partial charge in [0.25, 0.3) is 0 Å². The van der Waals surface area contributed by atoms with Gasteiger partial charge in [0.1, 0.15) is 5.75 Å². The molecule has 20 heavy (non-hydrogen) atoms. The summed E-state index contributed by atoms with van der Waals surface area (Å²) < 4.78 is 5.13. The Morgan fingerprint density at radius 3 is 2.75 bits per heavy atom. The zero-order valence-electron chi connectivity index (χ0n) is 12.6. The van der Waals surface area contributed by atoms with Crippen molar-refractivity contribution < 1.29 is 9.53 Å². The number of hydrogen-bond acceptors (Lipinski definition) is 3. The summed E-state index contributed by atoms with van der Waals surface area (Å²) in [6.45, 7) is 3.26. The molecule has 2 N–H and O–H groups in total. The van der Waals surface area contributed by atoms with E-state index in [0.29, 0.717) is 6.54 Å². The maximum Gasteiger partial charge on any atom is 0.239 e. The van der Waals surface area contributed by atoms with Gasteiger partial charge in [-0.1, -0.05) is 38.7 Å². The lowest BCUT2D eigenvalue weighted by Crippen LogP contribution is -2.30. The average molecular weight is 278 g/mol. The predicted molar refractivity (Wildman–Crippen MR) is 83.3 cm³/mol. The number of benzene rings is 1. The average Bonchev–Trinajstić information content (AvgIpc) is 2.49. The van der Waals surface area contributed by atoms with E-state index in [4.69, 9.17) is 4.74 Å². The third-order valence-corrected chi connectivity index (χ3v) is 3.13. The van der Waals surface area contributed by atoms with Crippen molar-refractivity contribution in [2.75, 3.05) is 25.5 Å². The number of rotatable bonds is 10. The van der Waals surface area contributed by atoms with Gasteiger partial charge in [0, 0.05) is 18.3 Å². The van der Waals surface area contributed by atoms with Crippen LogP contribution in [0, 0.1) is 0 Å². The Morgan fingerprint density at radius 2 is 2.00 bits per heavy atom. The van der Waals surface area contributed by atoms with Crippen LogP contribution in [0.1, 0.15) is 39.0 Å². The molecule has 0 saturated heterocycles. The van der Waals surface area contributed by atoms with Crippen LogP contribution in [0.4, 0.5) is 5.69 Å². The van der Waals surface area contributed by atoms with E-state index in [0.717, 1.165) is 24.4 Å². The van der Waals surface area contributed by atoms with Gasteiger partial charge in [-0.15, -0.1) is 0 Å². The molecule has 0 aromatic heterocycles. The lowest BCUT2D eigenvalue weighted by atomic mass is 10.1. The lowest BCUT2D eigenvalue weighted by molar-refractivity contribution is -0.119. The predicted octanol–water partition coefficient (Wildman–Crippen LogP) is 3.19. The molecule has 0 aliphatic rings. The van der Waals surface area contributed by atoms with Crippen LogP contribution in [-0.4, -0.2) is 26.1 Å².